The molecule has 1 aromatic rings. The van der Waals surface area contributed by atoms with Gasteiger partial charge in [0.1, 0.15) is 0 Å². The van der Waals surface area contributed by atoms with Gasteiger partial charge in [0, 0.05) is 6.07 Å². The highest BCUT2D eigenvalue weighted by Crippen LogP contribution is 2.27. The van der Waals surface area contributed by atoms with Crippen molar-refractivity contribution in [3.8, 4) is 0 Å². The van der Waals surface area contributed by atoms with Gasteiger partial charge in [-0.25, -0.2) is 13.8 Å². The Hall–Kier alpha value is -1.99. The zero-order chi connectivity index (χ0) is 11.6. The number of rotatable bonds is 3. The van der Waals surface area contributed by atoms with Gasteiger partial charge in [-0.05, 0) is 0 Å². The second kappa shape index (κ2) is 4.03. The summed E-state index contributed by atoms with van der Waals surface area (Å²) in [7, 11) is 0. The van der Waals surface area contributed by atoms with Crippen molar-refractivity contribution in [2.45, 2.75) is 6.43 Å². The van der Waals surface area contributed by atoms with Crippen LogP contribution in [-0.2, 0) is 0 Å². The van der Waals surface area contributed by atoms with Gasteiger partial charge in [0.15, 0.2) is 12.0 Å². The molecule has 0 aliphatic carbocycles. The van der Waals surface area contributed by atoms with E-state index in [0.29, 0.717) is 6.07 Å². The predicted molar refractivity (Wildman–Crippen MR) is 41.2 cm³/mol. The summed E-state index contributed by atoms with van der Waals surface area (Å²) in [6.07, 6.45) is -3.31. The lowest BCUT2D eigenvalue weighted by molar-refractivity contribution is -0.386. The van der Waals surface area contributed by atoms with E-state index in [-0.39, 0.29) is 6.29 Å². The minimum Gasteiger partial charge on any atom is -0.298 e. The number of carbonyl (C=O) groups excluding carboxylic acids is 1. The van der Waals surface area contributed by atoms with Crippen LogP contribution in [0, 0.1) is 16.1 Å². The first kappa shape index (κ1) is 11.1. The molecule has 0 radical (unpaired) electrons. The van der Waals surface area contributed by atoms with Crippen LogP contribution in [0.2, 0.25) is 0 Å². The van der Waals surface area contributed by atoms with Gasteiger partial charge in [-0.15, -0.1) is 0 Å². The Labute approximate surface area is 80.7 Å². The van der Waals surface area contributed by atoms with Gasteiger partial charge in [0.2, 0.25) is 5.95 Å². The lowest BCUT2D eigenvalue weighted by Crippen LogP contribution is -2.04. The molecule has 0 saturated heterocycles. The molecular formula is C7H3F3N2O3. The Morgan fingerprint density at radius 3 is 2.53 bits per heavy atom. The second-order valence-electron chi connectivity index (χ2n) is 2.45. The summed E-state index contributed by atoms with van der Waals surface area (Å²) in [6.45, 7) is 0. The molecule has 1 rings (SSSR count). The number of pyridine rings is 1. The highest BCUT2D eigenvalue weighted by atomic mass is 19.3. The maximum Gasteiger partial charge on any atom is 0.297 e. The summed E-state index contributed by atoms with van der Waals surface area (Å²) in [6, 6.07) is 0.427. The lowest BCUT2D eigenvalue weighted by Gasteiger charge is -2.01. The molecule has 0 atom stereocenters. The summed E-state index contributed by atoms with van der Waals surface area (Å²) < 4.78 is 37.1. The van der Waals surface area contributed by atoms with Crippen molar-refractivity contribution in [2.75, 3.05) is 0 Å². The molecule has 1 aromatic heterocycles. The van der Waals surface area contributed by atoms with Gasteiger partial charge in [-0.1, -0.05) is 0 Å². The first-order chi connectivity index (χ1) is 6.97. The maximum absolute atomic E-state index is 12.8. The van der Waals surface area contributed by atoms with Crippen molar-refractivity contribution < 1.29 is 22.9 Å². The van der Waals surface area contributed by atoms with E-state index in [9.17, 15) is 28.1 Å². The third-order valence-corrected chi connectivity index (χ3v) is 1.54. The number of hydrogen-bond acceptors (Lipinski definition) is 4. The molecule has 8 heteroatoms. The van der Waals surface area contributed by atoms with Gasteiger partial charge < -0.3 is 0 Å². The van der Waals surface area contributed by atoms with Crippen LogP contribution in [-0.4, -0.2) is 16.2 Å². The molecule has 1 heterocycles. The largest absolute Gasteiger partial charge is 0.298 e. The third kappa shape index (κ3) is 2.09. The van der Waals surface area contributed by atoms with E-state index in [4.69, 9.17) is 0 Å². The van der Waals surface area contributed by atoms with Gasteiger partial charge >= 0.3 is 0 Å². The molecule has 0 aromatic carbocycles. The van der Waals surface area contributed by atoms with Crippen LogP contribution in [0.5, 0.6) is 0 Å². The SMILES string of the molecule is O=Cc1cc([N+](=O)[O-])c(C(F)F)nc1F. The fourth-order valence-corrected chi connectivity index (χ4v) is 0.898. The van der Waals surface area contributed by atoms with Crippen molar-refractivity contribution in [2.24, 2.45) is 0 Å². The minimum absolute atomic E-state index is 0.0371. The van der Waals surface area contributed by atoms with Crippen molar-refractivity contribution in [3.63, 3.8) is 0 Å². The van der Waals surface area contributed by atoms with Crippen LogP contribution in [0.4, 0.5) is 18.9 Å². The van der Waals surface area contributed by atoms with Crippen LogP contribution in [0.1, 0.15) is 22.5 Å². The Morgan fingerprint density at radius 2 is 2.13 bits per heavy atom. The quantitative estimate of drug-likeness (QED) is 0.337. The van der Waals surface area contributed by atoms with Gasteiger partial charge in [-0.3, -0.25) is 14.9 Å². The average molecular weight is 220 g/mol. The van der Waals surface area contributed by atoms with Crippen molar-refractivity contribution >= 4 is 12.0 Å². The predicted octanol–water partition coefficient (Wildman–Crippen LogP) is 1.88. The Balaban J connectivity index is 3.45. The third-order valence-electron chi connectivity index (χ3n) is 1.54. The normalized spacial score (nSPS) is 10.4. The van der Waals surface area contributed by atoms with Crippen LogP contribution >= 0.6 is 0 Å². The van der Waals surface area contributed by atoms with Crippen molar-refractivity contribution in [1.29, 1.82) is 0 Å². The fourth-order valence-electron chi connectivity index (χ4n) is 0.898. The standard InChI is InChI=1S/C7H3F3N2O3/c8-6(9)5-4(12(14)15)1-3(2-13)7(10)11-5/h1-2,6H. The average Bonchev–Trinajstić information content (AvgIpc) is 2.16. The van der Waals surface area contributed by atoms with Crippen LogP contribution in [0.3, 0.4) is 0 Å². The summed E-state index contributed by atoms with van der Waals surface area (Å²) in [5, 5.41) is 10.3. The molecule has 5 nitrogen and oxygen atoms in total. The molecule has 0 N–H and O–H groups in total. The Kier molecular flexibility index (Phi) is 2.98. The van der Waals surface area contributed by atoms with Crippen LogP contribution < -0.4 is 0 Å². The van der Waals surface area contributed by atoms with E-state index in [1.165, 1.54) is 0 Å². The van der Waals surface area contributed by atoms with E-state index in [2.05, 4.69) is 4.98 Å². The number of aromatic nitrogens is 1. The fraction of sp³-hybridized carbons (Fsp3) is 0.143. The van der Waals surface area contributed by atoms with Crippen LogP contribution in [0.25, 0.3) is 0 Å². The van der Waals surface area contributed by atoms with Gasteiger partial charge in [-0.2, -0.15) is 4.39 Å². The molecule has 15 heavy (non-hydrogen) atoms. The molecule has 0 spiro atoms. The number of nitrogens with zero attached hydrogens (tertiary/aromatic N) is 2. The number of alkyl halides is 2. The molecule has 0 amide bonds. The molecule has 0 saturated carbocycles. The second-order valence-corrected chi connectivity index (χ2v) is 2.45. The molecule has 0 fully saturated rings. The highest BCUT2D eigenvalue weighted by Gasteiger charge is 2.26. The maximum atomic E-state index is 12.8. The summed E-state index contributed by atoms with van der Waals surface area (Å²) in [5.74, 6) is -1.45. The Morgan fingerprint density at radius 1 is 1.53 bits per heavy atom. The molecule has 0 bridgehead atoms. The number of carbonyl (C=O) groups is 1. The zero-order valence-corrected chi connectivity index (χ0v) is 6.99. The van der Waals surface area contributed by atoms with Crippen LogP contribution in [0.15, 0.2) is 6.07 Å². The number of aldehydes is 1. The number of hydrogen-bond donors (Lipinski definition) is 0. The van der Waals surface area contributed by atoms with Crippen molar-refractivity contribution in [3.05, 3.63) is 33.4 Å². The first-order valence-corrected chi connectivity index (χ1v) is 3.55. The zero-order valence-electron chi connectivity index (χ0n) is 6.99. The first-order valence-electron chi connectivity index (χ1n) is 3.55. The van der Waals surface area contributed by atoms with E-state index in [0.717, 1.165) is 0 Å². The molecule has 80 valence electrons. The summed E-state index contributed by atoms with van der Waals surface area (Å²) in [4.78, 5) is 22.0. The number of halogens is 3. The highest BCUT2D eigenvalue weighted by molar-refractivity contribution is 5.76. The molecular weight excluding hydrogens is 217 g/mol. The van der Waals surface area contributed by atoms with E-state index < -0.39 is 34.2 Å². The van der Waals surface area contributed by atoms with E-state index in [1.54, 1.807) is 0 Å². The van der Waals surface area contributed by atoms with Gasteiger partial charge in [0.25, 0.3) is 12.1 Å². The van der Waals surface area contributed by atoms with E-state index >= 15 is 0 Å². The van der Waals surface area contributed by atoms with E-state index in [1.807, 2.05) is 0 Å². The topological polar surface area (TPSA) is 73.1 Å². The molecule has 0 aliphatic heterocycles. The lowest BCUT2D eigenvalue weighted by atomic mass is 10.2. The minimum atomic E-state index is -3.28. The van der Waals surface area contributed by atoms with Gasteiger partial charge in [0.05, 0.1) is 10.5 Å². The molecule has 0 unspecified atom stereocenters. The number of nitro groups is 1. The Bertz CT molecular complexity index is 422. The smallest absolute Gasteiger partial charge is 0.297 e. The van der Waals surface area contributed by atoms with Crippen molar-refractivity contribution in [1.82, 2.24) is 4.98 Å². The summed E-state index contributed by atoms with van der Waals surface area (Å²) >= 11 is 0. The summed E-state index contributed by atoms with van der Waals surface area (Å²) in [5.41, 5.74) is -3.09. The monoisotopic (exact) mass is 220 g/mol. The molecule has 0 aliphatic rings.